The Balaban J connectivity index is 3.88. The van der Waals surface area contributed by atoms with E-state index in [-0.39, 0.29) is 31.1 Å². The van der Waals surface area contributed by atoms with Gasteiger partial charge in [-0.05, 0) is 44.9 Å². The van der Waals surface area contributed by atoms with Crippen molar-refractivity contribution >= 4 is 17.9 Å². The molecule has 0 N–H and O–H groups in total. The first-order chi connectivity index (χ1) is 35.5. The second-order valence-electron chi connectivity index (χ2n) is 22.4. The average Bonchev–Trinajstić information content (AvgIpc) is 3.38. The van der Waals surface area contributed by atoms with Crippen LogP contribution >= 0.6 is 0 Å². The van der Waals surface area contributed by atoms with Crippen molar-refractivity contribution in [1.29, 1.82) is 0 Å². The Morgan fingerprint density at radius 3 is 0.722 bits per heavy atom. The van der Waals surface area contributed by atoms with Crippen molar-refractivity contribution in [2.45, 2.75) is 380 Å². The highest BCUT2D eigenvalue weighted by atomic mass is 16.6. The van der Waals surface area contributed by atoms with Crippen molar-refractivity contribution in [1.82, 2.24) is 0 Å². The summed E-state index contributed by atoms with van der Waals surface area (Å²) in [7, 11) is 0. The molecule has 0 aromatic carbocycles. The van der Waals surface area contributed by atoms with E-state index in [2.05, 4.69) is 32.9 Å². The van der Waals surface area contributed by atoms with Gasteiger partial charge in [-0.15, -0.1) is 0 Å². The van der Waals surface area contributed by atoms with Crippen molar-refractivity contribution in [2.75, 3.05) is 13.2 Å². The molecular weight excluding hydrogens is 889 g/mol. The van der Waals surface area contributed by atoms with Crippen LogP contribution in [0.15, 0.2) is 12.2 Å². The summed E-state index contributed by atoms with van der Waals surface area (Å²) >= 11 is 0. The van der Waals surface area contributed by atoms with Crippen molar-refractivity contribution < 1.29 is 28.6 Å². The molecular formula is C66H126O6. The molecule has 0 fully saturated rings. The van der Waals surface area contributed by atoms with Crippen LogP contribution in [-0.4, -0.2) is 37.2 Å². The van der Waals surface area contributed by atoms with Gasteiger partial charge in [-0.25, -0.2) is 0 Å². The maximum atomic E-state index is 12.8. The Labute approximate surface area is 450 Å². The fourth-order valence-corrected chi connectivity index (χ4v) is 10.1. The third kappa shape index (κ3) is 59.0. The Morgan fingerprint density at radius 1 is 0.264 bits per heavy atom. The normalized spacial score (nSPS) is 12.0. The van der Waals surface area contributed by atoms with E-state index in [4.69, 9.17) is 14.2 Å². The lowest BCUT2D eigenvalue weighted by molar-refractivity contribution is -0.167. The van der Waals surface area contributed by atoms with E-state index in [0.717, 1.165) is 64.2 Å². The Morgan fingerprint density at radius 2 is 0.458 bits per heavy atom. The highest BCUT2D eigenvalue weighted by molar-refractivity contribution is 5.71. The summed E-state index contributed by atoms with van der Waals surface area (Å²) in [4.78, 5) is 38.0. The zero-order chi connectivity index (χ0) is 52.2. The van der Waals surface area contributed by atoms with E-state index in [1.165, 1.54) is 270 Å². The van der Waals surface area contributed by atoms with E-state index in [1.54, 1.807) is 0 Å². The highest BCUT2D eigenvalue weighted by Crippen LogP contribution is 2.19. The van der Waals surface area contributed by atoms with Gasteiger partial charge in [0, 0.05) is 19.3 Å². The number of unbranched alkanes of at least 4 members (excludes halogenated alkanes) is 48. The van der Waals surface area contributed by atoms with Crippen LogP contribution in [-0.2, 0) is 28.6 Å². The van der Waals surface area contributed by atoms with E-state index < -0.39 is 6.10 Å². The van der Waals surface area contributed by atoms with Crippen molar-refractivity contribution in [3.05, 3.63) is 12.2 Å². The number of hydrogen-bond acceptors (Lipinski definition) is 6. The minimum atomic E-state index is -0.768. The molecule has 0 saturated heterocycles. The van der Waals surface area contributed by atoms with Gasteiger partial charge in [-0.2, -0.15) is 0 Å². The molecule has 0 radical (unpaired) electrons. The van der Waals surface area contributed by atoms with Crippen LogP contribution in [0, 0.1) is 0 Å². The van der Waals surface area contributed by atoms with E-state index in [9.17, 15) is 14.4 Å². The van der Waals surface area contributed by atoms with Crippen LogP contribution < -0.4 is 0 Å². The topological polar surface area (TPSA) is 78.9 Å². The predicted octanol–water partition coefficient (Wildman–Crippen LogP) is 22.1. The molecule has 0 bridgehead atoms. The molecule has 72 heavy (non-hydrogen) atoms. The molecule has 0 aliphatic rings. The standard InChI is InChI=1S/C66H126O6/c1-4-7-10-13-16-19-21-23-24-25-26-27-28-29-30-31-32-33-34-35-36-37-38-39-40-41-42-43-44-46-47-50-53-56-59-65(68)71-62-63(61-70-64(67)58-55-52-49-18-15-12-9-6-3)72-66(69)60-57-54-51-48-45-22-20-17-14-11-8-5-2/h17,20,63H,4-16,18-19,21-62H2,1-3H3/b20-17-. The Hall–Kier alpha value is -1.85. The largest absolute Gasteiger partial charge is 0.462 e. The van der Waals surface area contributed by atoms with E-state index >= 15 is 0 Å². The van der Waals surface area contributed by atoms with Crippen LogP contribution in [0.25, 0.3) is 0 Å². The molecule has 0 saturated carbocycles. The van der Waals surface area contributed by atoms with E-state index in [0.29, 0.717) is 19.3 Å². The summed E-state index contributed by atoms with van der Waals surface area (Å²) in [5.41, 5.74) is 0. The fraction of sp³-hybridized carbons (Fsp3) is 0.924. The lowest BCUT2D eigenvalue weighted by atomic mass is 10.0. The SMILES string of the molecule is CCCCC/C=C\CCCCCCCC(=O)OC(COC(=O)CCCCCCCCCC)COC(=O)CCCCCCCCCCCCCCCCCCCCCCCCCCCCCCCCCCCC. The number of hydrogen-bond donors (Lipinski definition) is 0. The second kappa shape index (κ2) is 61.7. The summed E-state index contributed by atoms with van der Waals surface area (Å²) in [5, 5.41) is 0. The van der Waals surface area contributed by atoms with Crippen LogP contribution in [0.1, 0.15) is 374 Å². The van der Waals surface area contributed by atoms with Gasteiger partial charge in [0.05, 0.1) is 0 Å². The summed E-state index contributed by atoms with van der Waals surface area (Å²) in [6.45, 7) is 6.63. The molecule has 0 aromatic heterocycles. The zero-order valence-corrected chi connectivity index (χ0v) is 49.0. The third-order valence-electron chi connectivity index (χ3n) is 15.0. The van der Waals surface area contributed by atoms with E-state index in [1.807, 2.05) is 0 Å². The molecule has 0 aliphatic carbocycles. The smallest absolute Gasteiger partial charge is 0.306 e. The maximum Gasteiger partial charge on any atom is 0.306 e. The molecule has 426 valence electrons. The predicted molar refractivity (Wildman–Crippen MR) is 312 cm³/mol. The molecule has 0 heterocycles. The molecule has 6 nitrogen and oxygen atoms in total. The molecule has 0 rings (SSSR count). The average molecular weight is 1020 g/mol. The number of esters is 3. The minimum Gasteiger partial charge on any atom is -0.462 e. The van der Waals surface area contributed by atoms with Gasteiger partial charge in [0.15, 0.2) is 6.10 Å². The molecule has 0 amide bonds. The number of allylic oxidation sites excluding steroid dienone is 2. The second-order valence-corrected chi connectivity index (χ2v) is 22.4. The maximum absolute atomic E-state index is 12.8. The van der Waals surface area contributed by atoms with Crippen LogP contribution in [0.5, 0.6) is 0 Å². The first-order valence-electron chi connectivity index (χ1n) is 32.7. The minimum absolute atomic E-state index is 0.0682. The Bertz CT molecular complexity index is 1120. The van der Waals surface area contributed by atoms with Crippen molar-refractivity contribution in [2.24, 2.45) is 0 Å². The fourth-order valence-electron chi connectivity index (χ4n) is 10.1. The molecule has 1 unspecified atom stereocenters. The first-order valence-corrected chi connectivity index (χ1v) is 32.7. The van der Waals surface area contributed by atoms with Crippen molar-refractivity contribution in [3.8, 4) is 0 Å². The van der Waals surface area contributed by atoms with Crippen molar-refractivity contribution in [3.63, 3.8) is 0 Å². The van der Waals surface area contributed by atoms with Gasteiger partial charge >= 0.3 is 17.9 Å². The van der Waals surface area contributed by atoms with Gasteiger partial charge in [-0.3, -0.25) is 14.4 Å². The lowest BCUT2D eigenvalue weighted by Gasteiger charge is -2.18. The van der Waals surface area contributed by atoms with Crippen LogP contribution in [0.4, 0.5) is 0 Å². The van der Waals surface area contributed by atoms with Gasteiger partial charge in [0.25, 0.3) is 0 Å². The number of ether oxygens (including phenoxy) is 3. The first kappa shape index (κ1) is 70.1. The quantitative estimate of drug-likeness (QED) is 0.0261. The van der Waals surface area contributed by atoms with Gasteiger partial charge in [0.1, 0.15) is 13.2 Å². The molecule has 0 spiro atoms. The lowest BCUT2D eigenvalue weighted by Crippen LogP contribution is -2.30. The zero-order valence-electron chi connectivity index (χ0n) is 49.0. The van der Waals surface area contributed by atoms with Crippen LogP contribution in [0.2, 0.25) is 0 Å². The van der Waals surface area contributed by atoms with Gasteiger partial charge in [0.2, 0.25) is 0 Å². The molecule has 6 heteroatoms. The monoisotopic (exact) mass is 1010 g/mol. The number of carbonyl (C=O) groups excluding carboxylic acids is 3. The third-order valence-corrected chi connectivity index (χ3v) is 15.0. The molecule has 0 aromatic rings. The number of rotatable bonds is 61. The van der Waals surface area contributed by atoms with Gasteiger partial charge < -0.3 is 14.2 Å². The number of carbonyl (C=O) groups is 3. The summed E-state index contributed by atoms with van der Waals surface area (Å²) in [6, 6.07) is 0. The van der Waals surface area contributed by atoms with Crippen LogP contribution in [0.3, 0.4) is 0 Å². The molecule has 1 atom stereocenters. The van der Waals surface area contributed by atoms with Gasteiger partial charge in [-0.1, -0.05) is 322 Å². The highest BCUT2D eigenvalue weighted by Gasteiger charge is 2.19. The molecule has 0 aliphatic heterocycles. The summed E-state index contributed by atoms with van der Waals surface area (Å²) < 4.78 is 16.8. The summed E-state index contributed by atoms with van der Waals surface area (Å²) in [6.07, 6.45) is 72.8. The Kier molecular flexibility index (Phi) is 60.1. The summed E-state index contributed by atoms with van der Waals surface area (Å²) in [5.74, 6) is -0.861.